The van der Waals surface area contributed by atoms with Crippen molar-refractivity contribution in [2.45, 2.75) is 6.42 Å². The summed E-state index contributed by atoms with van der Waals surface area (Å²) in [7, 11) is 1.60. The minimum atomic E-state index is -1.01. The molecule has 28 heavy (non-hydrogen) atoms. The maximum absolute atomic E-state index is 13.4. The van der Waals surface area contributed by atoms with Crippen molar-refractivity contribution in [3.8, 4) is 5.75 Å². The maximum Gasteiger partial charge on any atom is 0.325 e. The van der Waals surface area contributed by atoms with Gasteiger partial charge >= 0.3 is 6.03 Å². The molecule has 148 valence electrons. The van der Waals surface area contributed by atoms with Crippen LogP contribution < -0.4 is 15.0 Å². The Morgan fingerprint density at radius 2 is 1.86 bits per heavy atom. The van der Waals surface area contributed by atoms with Gasteiger partial charge in [-0.3, -0.25) is 9.69 Å². The average Bonchev–Trinajstić information content (AvgIpc) is 3.05. The zero-order valence-corrected chi connectivity index (χ0v) is 15.5. The molecule has 2 aromatic rings. The van der Waals surface area contributed by atoms with Crippen LogP contribution in [0.25, 0.3) is 0 Å². The van der Waals surface area contributed by atoms with Crippen LogP contribution in [0.3, 0.4) is 0 Å². The van der Waals surface area contributed by atoms with Gasteiger partial charge in [-0.15, -0.1) is 0 Å². The topological polar surface area (TPSA) is 61.9 Å². The van der Waals surface area contributed by atoms with Gasteiger partial charge in [-0.05, 0) is 36.2 Å². The van der Waals surface area contributed by atoms with Crippen LogP contribution in [0.2, 0.25) is 0 Å². The predicted octanol–water partition coefficient (Wildman–Crippen LogP) is 2.57. The van der Waals surface area contributed by atoms with E-state index in [-0.39, 0.29) is 18.1 Å². The van der Waals surface area contributed by atoms with Gasteiger partial charge < -0.3 is 15.0 Å². The highest BCUT2D eigenvalue weighted by molar-refractivity contribution is 5.96. The summed E-state index contributed by atoms with van der Waals surface area (Å²) in [6.45, 7) is 1.01. The Labute approximate surface area is 161 Å². The molecule has 0 spiro atoms. The first kappa shape index (κ1) is 19.6. The summed E-state index contributed by atoms with van der Waals surface area (Å²) in [6.07, 6.45) is 0.657. The molecule has 2 aromatic carbocycles. The molecule has 8 heteroatoms. The van der Waals surface area contributed by atoms with Gasteiger partial charge in [0.25, 0.3) is 0 Å². The molecule has 0 aromatic heterocycles. The van der Waals surface area contributed by atoms with E-state index in [4.69, 9.17) is 4.74 Å². The number of ether oxygens (including phenoxy) is 1. The fraction of sp³-hybridized carbons (Fsp3) is 0.300. The molecule has 6 nitrogen and oxygen atoms in total. The van der Waals surface area contributed by atoms with E-state index in [1.807, 2.05) is 24.3 Å². The quantitative estimate of drug-likeness (QED) is 0.792. The van der Waals surface area contributed by atoms with Crippen LogP contribution >= 0.6 is 0 Å². The molecular formula is C20H21F2N3O3. The number of anilines is 1. The van der Waals surface area contributed by atoms with Crippen molar-refractivity contribution in [3.63, 3.8) is 0 Å². The summed E-state index contributed by atoms with van der Waals surface area (Å²) in [5.41, 5.74) is 1.33. The summed E-state index contributed by atoms with van der Waals surface area (Å²) in [5.74, 6) is -1.48. The lowest BCUT2D eigenvalue weighted by Gasteiger charge is -2.18. The Bertz CT molecular complexity index is 858. The van der Waals surface area contributed by atoms with E-state index < -0.39 is 17.7 Å². The number of nitrogens with one attached hydrogen (secondary N) is 1. The number of hydrogen-bond donors (Lipinski definition) is 1. The van der Waals surface area contributed by atoms with Crippen molar-refractivity contribution in [3.05, 3.63) is 59.7 Å². The highest BCUT2D eigenvalue weighted by Crippen LogP contribution is 2.22. The van der Waals surface area contributed by atoms with Crippen LogP contribution in [-0.4, -0.2) is 50.1 Å². The molecule has 0 atom stereocenters. The van der Waals surface area contributed by atoms with Crippen LogP contribution in [0.4, 0.5) is 19.3 Å². The molecule has 1 aliphatic heterocycles. The van der Waals surface area contributed by atoms with E-state index in [0.29, 0.717) is 26.1 Å². The molecular weight excluding hydrogens is 368 g/mol. The second-order valence-corrected chi connectivity index (χ2v) is 6.40. The number of carbonyl (C=O) groups is 2. The lowest BCUT2D eigenvalue weighted by molar-refractivity contribution is -0.121. The SMILES string of the molecule is COc1ccc(CCNC(=O)CN2CCN(c3ccc(F)c(F)c3)C2=O)cc1. The van der Waals surface area contributed by atoms with E-state index in [0.717, 1.165) is 23.4 Å². The summed E-state index contributed by atoms with van der Waals surface area (Å²) < 4.78 is 31.6. The summed E-state index contributed by atoms with van der Waals surface area (Å²) in [4.78, 5) is 27.3. The van der Waals surface area contributed by atoms with Gasteiger partial charge in [-0.1, -0.05) is 12.1 Å². The molecule has 3 rings (SSSR count). The number of carbonyl (C=O) groups excluding carboxylic acids is 2. The van der Waals surface area contributed by atoms with Crippen molar-refractivity contribution < 1.29 is 23.1 Å². The number of urea groups is 1. The minimum absolute atomic E-state index is 0.0817. The van der Waals surface area contributed by atoms with Crippen molar-refractivity contribution >= 4 is 17.6 Å². The number of benzene rings is 2. The fourth-order valence-electron chi connectivity index (χ4n) is 2.99. The van der Waals surface area contributed by atoms with Gasteiger partial charge in [-0.25, -0.2) is 13.6 Å². The summed E-state index contributed by atoms with van der Waals surface area (Å²) >= 11 is 0. The molecule has 0 unspecified atom stereocenters. The van der Waals surface area contributed by atoms with E-state index in [1.165, 1.54) is 15.9 Å². The van der Waals surface area contributed by atoms with E-state index >= 15 is 0 Å². The highest BCUT2D eigenvalue weighted by atomic mass is 19.2. The smallest absolute Gasteiger partial charge is 0.325 e. The Hall–Kier alpha value is -3.16. The number of methoxy groups -OCH3 is 1. The summed E-state index contributed by atoms with van der Waals surface area (Å²) in [5, 5.41) is 2.79. The van der Waals surface area contributed by atoms with E-state index in [2.05, 4.69) is 5.32 Å². The third-order valence-electron chi connectivity index (χ3n) is 4.54. The van der Waals surface area contributed by atoms with Gasteiger partial charge in [-0.2, -0.15) is 0 Å². The van der Waals surface area contributed by atoms with Crippen molar-refractivity contribution in [2.75, 3.05) is 38.2 Å². The molecule has 0 radical (unpaired) electrons. The first-order chi connectivity index (χ1) is 13.5. The molecule has 0 bridgehead atoms. The first-order valence-corrected chi connectivity index (χ1v) is 8.89. The zero-order valence-electron chi connectivity index (χ0n) is 15.5. The molecule has 0 saturated carbocycles. The molecule has 1 N–H and O–H groups in total. The van der Waals surface area contributed by atoms with Gasteiger partial charge in [0.15, 0.2) is 11.6 Å². The lowest BCUT2D eigenvalue weighted by Crippen LogP contribution is -2.40. The highest BCUT2D eigenvalue weighted by Gasteiger charge is 2.31. The monoisotopic (exact) mass is 389 g/mol. The first-order valence-electron chi connectivity index (χ1n) is 8.89. The van der Waals surface area contributed by atoms with Crippen molar-refractivity contribution in [1.82, 2.24) is 10.2 Å². The Morgan fingerprint density at radius 3 is 2.54 bits per heavy atom. The molecule has 1 fully saturated rings. The lowest BCUT2D eigenvalue weighted by atomic mass is 10.1. The van der Waals surface area contributed by atoms with Crippen LogP contribution in [0.15, 0.2) is 42.5 Å². The number of amides is 3. The standard InChI is InChI=1S/C20H21F2N3O3/c1-28-16-5-2-14(3-6-16)8-9-23-19(26)13-24-10-11-25(20(24)27)15-4-7-17(21)18(22)12-15/h2-7,12H,8-11,13H2,1H3,(H,23,26). The zero-order chi connectivity index (χ0) is 20.1. The maximum atomic E-state index is 13.4. The number of halogens is 2. The molecule has 1 aliphatic rings. The van der Waals surface area contributed by atoms with Crippen LogP contribution in [-0.2, 0) is 11.2 Å². The largest absolute Gasteiger partial charge is 0.497 e. The third-order valence-corrected chi connectivity index (χ3v) is 4.54. The Kier molecular flexibility index (Phi) is 6.08. The number of nitrogens with zero attached hydrogens (tertiary/aromatic N) is 2. The summed E-state index contributed by atoms with van der Waals surface area (Å²) in [6, 6.07) is 10.5. The Balaban J connectivity index is 1.47. The molecule has 3 amide bonds. The molecule has 0 aliphatic carbocycles. The predicted molar refractivity (Wildman–Crippen MR) is 100 cm³/mol. The number of rotatable bonds is 7. The van der Waals surface area contributed by atoms with Crippen LogP contribution in [0.1, 0.15) is 5.56 Å². The van der Waals surface area contributed by atoms with Gasteiger partial charge in [0.2, 0.25) is 5.91 Å². The van der Waals surface area contributed by atoms with E-state index in [1.54, 1.807) is 7.11 Å². The van der Waals surface area contributed by atoms with Crippen molar-refractivity contribution in [1.29, 1.82) is 0 Å². The molecule has 1 saturated heterocycles. The second-order valence-electron chi connectivity index (χ2n) is 6.40. The van der Waals surface area contributed by atoms with Crippen LogP contribution in [0, 0.1) is 11.6 Å². The van der Waals surface area contributed by atoms with E-state index in [9.17, 15) is 18.4 Å². The molecule has 1 heterocycles. The normalized spacial score (nSPS) is 13.8. The fourth-order valence-corrected chi connectivity index (χ4v) is 2.99. The van der Waals surface area contributed by atoms with Crippen LogP contribution in [0.5, 0.6) is 5.75 Å². The van der Waals surface area contributed by atoms with Gasteiger partial charge in [0.05, 0.1) is 7.11 Å². The average molecular weight is 389 g/mol. The van der Waals surface area contributed by atoms with Gasteiger partial charge in [0, 0.05) is 31.4 Å². The third kappa shape index (κ3) is 4.57. The van der Waals surface area contributed by atoms with Crippen molar-refractivity contribution in [2.24, 2.45) is 0 Å². The second kappa shape index (κ2) is 8.69. The number of hydrogen-bond acceptors (Lipinski definition) is 3. The van der Waals surface area contributed by atoms with Gasteiger partial charge in [0.1, 0.15) is 12.3 Å². The Morgan fingerprint density at radius 1 is 1.11 bits per heavy atom. The minimum Gasteiger partial charge on any atom is -0.497 e.